The van der Waals surface area contributed by atoms with E-state index in [2.05, 4.69) is 15.4 Å². The van der Waals surface area contributed by atoms with Crippen molar-refractivity contribution in [2.45, 2.75) is 0 Å². The van der Waals surface area contributed by atoms with Crippen LogP contribution in [0.3, 0.4) is 0 Å². The Morgan fingerprint density at radius 3 is 2.77 bits per heavy atom. The molecule has 1 aliphatic heterocycles. The number of anilines is 1. The summed E-state index contributed by atoms with van der Waals surface area (Å²) in [6, 6.07) is 13.2. The molecule has 0 saturated heterocycles. The molecule has 0 aliphatic carbocycles. The number of rotatable bonds is 5. The molecule has 1 N–H and O–H groups in total. The monoisotopic (exact) mass is 434 g/mol. The number of amides is 1. The first-order valence-corrected chi connectivity index (χ1v) is 10.4. The van der Waals surface area contributed by atoms with Crippen LogP contribution in [0.15, 0.2) is 53.9 Å². The molecule has 3 heterocycles. The molecular formula is C22H18N4O4S. The summed E-state index contributed by atoms with van der Waals surface area (Å²) in [6.07, 6.45) is 3.14. The minimum absolute atomic E-state index is 0.249. The summed E-state index contributed by atoms with van der Waals surface area (Å²) in [7, 11) is 1.63. The lowest BCUT2D eigenvalue weighted by molar-refractivity contribution is -0.111. The quantitative estimate of drug-likeness (QED) is 0.480. The highest BCUT2D eigenvalue weighted by atomic mass is 32.1. The molecule has 5 rings (SSSR count). The Morgan fingerprint density at radius 1 is 1.16 bits per heavy atom. The molecular weight excluding hydrogens is 416 g/mol. The predicted molar refractivity (Wildman–Crippen MR) is 118 cm³/mol. The number of benzene rings is 2. The normalized spacial score (nSPS) is 12.9. The van der Waals surface area contributed by atoms with Gasteiger partial charge < -0.3 is 14.2 Å². The van der Waals surface area contributed by atoms with Crippen LogP contribution in [0.4, 0.5) is 5.95 Å². The van der Waals surface area contributed by atoms with Crippen molar-refractivity contribution in [2.75, 3.05) is 25.6 Å². The molecule has 0 unspecified atom stereocenters. The van der Waals surface area contributed by atoms with E-state index >= 15 is 0 Å². The number of hydrogen-bond donors (Lipinski definition) is 1. The second kappa shape index (κ2) is 8.11. The van der Waals surface area contributed by atoms with E-state index in [1.54, 1.807) is 17.7 Å². The van der Waals surface area contributed by atoms with Crippen LogP contribution >= 0.6 is 11.3 Å². The van der Waals surface area contributed by atoms with Crippen LogP contribution in [-0.2, 0) is 4.79 Å². The Bertz CT molecular complexity index is 1280. The molecule has 156 valence electrons. The van der Waals surface area contributed by atoms with Gasteiger partial charge in [0.05, 0.1) is 12.8 Å². The molecule has 0 radical (unpaired) electrons. The average molecular weight is 434 g/mol. The number of aromatic nitrogens is 3. The third kappa shape index (κ3) is 3.95. The van der Waals surface area contributed by atoms with Gasteiger partial charge in [-0.3, -0.25) is 10.1 Å². The summed E-state index contributed by atoms with van der Waals surface area (Å²) < 4.78 is 18.0. The number of nitrogens with zero attached hydrogens (tertiary/aromatic N) is 3. The summed E-state index contributed by atoms with van der Waals surface area (Å²) in [5.74, 6) is 2.10. The first-order valence-electron chi connectivity index (χ1n) is 9.57. The Hall–Kier alpha value is -3.85. The van der Waals surface area contributed by atoms with Gasteiger partial charge in [-0.2, -0.15) is 4.98 Å². The van der Waals surface area contributed by atoms with E-state index in [9.17, 15) is 4.79 Å². The number of methoxy groups -OCH3 is 1. The van der Waals surface area contributed by atoms with Crippen molar-refractivity contribution >= 4 is 34.2 Å². The first kappa shape index (κ1) is 19.1. The van der Waals surface area contributed by atoms with Crippen LogP contribution in [0.25, 0.3) is 22.3 Å². The van der Waals surface area contributed by atoms with E-state index in [0.29, 0.717) is 29.7 Å². The first-order chi connectivity index (χ1) is 15.2. The molecule has 0 fully saturated rings. The fourth-order valence-corrected chi connectivity index (χ4v) is 4.01. The minimum atomic E-state index is -0.320. The maximum absolute atomic E-state index is 12.3. The lowest BCUT2D eigenvalue weighted by atomic mass is 10.2. The molecule has 1 aliphatic rings. The summed E-state index contributed by atoms with van der Waals surface area (Å²) in [6.45, 7) is 1.06. The lowest BCUT2D eigenvalue weighted by Crippen LogP contribution is -2.15. The fraction of sp³-hybridized carbons (Fsp3) is 0.136. The van der Waals surface area contributed by atoms with Gasteiger partial charge in [-0.15, -0.1) is 16.4 Å². The third-order valence-corrected chi connectivity index (χ3v) is 5.51. The zero-order chi connectivity index (χ0) is 21.2. The van der Waals surface area contributed by atoms with Crippen LogP contribution in [0.5, 0.6) is 17.2 Å². The van der Waals surface area contributed by atoms with Crippen LogP contribution < -0.4 is 19.5 Å². The number of thiazole rings is 1. The van der Waals surface area contributed by atoms with Gasteiger partial charge in [-0.25, -0.2) is 4.52 Å². The molecule has 31 heavy (non-hydrogen) atoms. The summed E-state index contributed by atoms with van der Waals surface area (Å²) in [4.78, 5) is 17.4. The van der Waals surface area contributed by atoms with Gasteiger partial charge in [0.1, 0.15) is 19.0 Å². The van der Waals surface area contributed by atoms with Crippen molar-refractivity contribution < 1.29 is 19.0 Å². The Balaban J connectivity index is 1.30. The summed E-state index contributed by atoms with van der Waals surface area (Å²) in [5, 5.41) is 9.11. The molecule has 9 heteroatoms. The van der Waals surface area contributed by atoms with Crippen molar-refractivity contribution in [1.82, 2.24) is 14.6 Å². The predicted octanol–water partition coefficient (Wildman–Crippen LogP) is 3.89. The van der Waals surface area contributed by atoms with Gasteiger partial charge in [-0.1, -0.05) is 6.07 Å². The van der Waals surface area contributed by atoms with E-state index in [4.69, 9.17) is 14.2 Å². The van der Waals surface area contributed by atoms with Crippen molar-refractivity contribution in [2.24, 2.45) is 0 Å². The third-order valence-electron chi connectivity index (χ3n) is 4.70. The highest BCUT2D eigenvalue weighted by molar-refractivity contribution is 7.15. The van der Waals surface area contributed by atoms with Gasteiger partial charge in [0, 0.05) is 17.0 Å². The SMILES string of the molecule is COc1ccc(-c2csc3nc(NC(=O)/C=C\c4ccc5c(c4)OCCO5)nn23)cc1. The molecule has 0 atom stereocenters. The van der Waals surface area contributed by atoms with Crippen molar-refractivity contribution in [3.63, 3.8) is 0 Å². The van der Waals surface area contributed by atoms with E-state index in [-0.39, 0.29) is 11.9 Å². The Labute approximate surface area is 181 Å². The maximum atomic E-state index is 12.3. The number of nitrogens with one attached hydrogen (secondary N) is 1. The van der Waals surface area contributed by atoms with Crippen LogP contribution in [0, 0.1) is 0 Å². The number of ether oxygens (including phenoxy) is 3. The van der Waals surface area contributed by atoms with E-state index < -0.39 is 0 Å². The fourth-order valence-electron chi connectivity index (χ4n) is 3.18. The van der Waals surface area contributed by atoms with Crippen molar-refractivity contribution in [3.8, 4) is 28.5 Å². The smallest absolute Gasteiger partial charge is 0.250 e. The lowest BCUT2D eigenvalue weighted by Gasteiger charge is -2.18. The molecule has 2 aromatic carbocycles. The van der Waals surface area contributed by atoms with Gasteiger partial charge in [-0.05, 0) is 48.0 Å². The molecule has 0 bridgehead atoms. The number of fused-ring (bicyclic) bond motifs is 2. The number of carbonyl (C=O) groups excluding carboxylic acids is 1. The molecule has 4 aromatic rings. The zero-order valence-electron chi connectivity index (χ0n) is 16.6. The van der Waals surface area contributed by atoms with Crippen molar-refractivity contribution in [1.29, 1.82) is 0 Å². The minimum Gasteiger partial charge on any atom is -0.497 e. The molecule has 0 spiro atoms. The number of hydrogen-bond acceptors (Lipinski definition) is 7. The molecule has 1 amide bonds. The average Bonchev–Trinajstić information content (AvgIpc) is 3.38. The van der Waals surface area contributed by atoms with Crippen LogP contribution in [0.1, 0.15) is 5.56 Å². The zero-order valence-corrected chi connectivity index (χ0v) is 17.4. The molecule has 0 saturated carbocycles. The van der Waals surface area contributed by atoms with E-state index in [1.165, 1.54) is 17.4 Å². The van der Waals surface area contributed by atoms with Gasteiger partial charge >= 0.3 is 0 Å². The van der Waals surface area contributed by atoms with Crippen LogP contribution in [0.2, 0.25) is 0 Å². The van der Waals surface area contributed by atoms with E-state index in [0.717, 1.165) is 22.6 Å². The summed E-state index contributed by atoms with van der Waals surface area (Å²) >= 11 is 1.45. The highest BCUT2D eigenvalue weighted by Crippen LogP contribution is 2.31. The Kier molecular flexibility index (Phi) is 5.01. The van der Waals surface area contributed by atoms with Gasteiger partial charge in [0.25, 0.3) is 11.9 Å². The molecule has 8 nitrogen and oxygen atoms in total. The van der Waals surface area contributed by atoms with Gasteiger partial charge in [0.15, 0.2) is 11.5 Å². The van der Waals surface area contributed by atoms with Gasteiger partial charge in [0.2, 0.25) is 4.96 Å². The maximum Gasteiger partial charge on any atom is 0.250 e. The topological polar surface area (TPSA) is 87.0 Å². The largest absolute Gasteiger partial charge is 0.497 e. The standard InChI is InChI=1S/C22H18N4O4S/c1-28-16-6-4-15(5-7-16)17-13-31-22-24-21(25-26(17)22)23-20(27)9-3-14-2-8-18-19(12-14)30-11-10-29-18/h2-9,12-13H,10-11H2,1H3,(H,23,25,27)/b9-3-. The highest BCUT2D eigenvalue weighted by Gasteiger charge is 2.13. The van der Waals surface area contributed by atoms with Crippen molar-refractivity contribution in [3.05, 3.63) is 59.5 Å². The number of carbonyl (C=O) groups is 1. The second-order valence-electron chi connectivity index (χ2n) is 6.70. The molecule has 2 aromatic heterocycles. The summed E-state index contributed by atoms with van der Waals surface area (Å²) in [5.41, 5.74) is 2.70. The Morgan fingerprint density at radius 2 is 1.97 bits per heavy atom. The second-order valence-corrected chi connectivity index (χ2v) is 7.54. The van der Waals surface area contributed by atoms with E-state index in [1.807, 2.05) is 47.8 Å². The van der Waals surface area contributed by atoms with Crippen LogP contribution in [-0.4, -0.2) is 40.8 Å².